The molecule has 8 nitrogen and oxygen atoms in total. The Labute approximate surface area is 206 Å². The molecule has 3 rings (SSSR count). The van der Waals surface area contributed by atoms with Gasteiger partial charge in [0.15, 0.2) is 5.11 Å². The van der Waals surface area contributed by atoms with Gasteiger partial charge in [0, 0.05) is 28.7 Å². The number of rotatable bonds is 7. The van der Waals surface area contributed by atoms with Gasteiger partial charge in [-0.1, -0.05) is 41.4 Å². The van der Waals surface area contributed by atoms with Crippen LogP contribution in [0.4, 0.5) is 0 Å². The number of halogens is 2. The number of carbonyl (C=O) groups is 3. The number of nitrogens with zero attached hydrogens (tertiary/aromatic N) is 1. The number of hydrogen-bond donors (Lipinski definition) is 2. The van der Waals surface area contributed by atoms with E-state index in [9.17, 15) is 14.4 Å². The van der Waals surface area contributed by atoms with Gasteiger partial charge in [0.05, 0.1) is 6.42 Å². The molecular formula is C22H21Cl2N3O5S. The molecule has 2 aromatic rings. The summed E-state index contributed by atoms with van der Waals surface area (Å²) in [6.45, 7) is 0.830. The van der Waals surface area contributed by atoms with E-state index in [0.29, 0.717) is 28.9 Å². The number of piperazine rings is 1. The van der Waals surface area contributed by atoms with Crippen molar-refractivity contribution < 1.29 is 23.9 Å². The molecule has 1 aliphatic heterocycles. The molecule has 1 heterocycles. The maximum atomic E-state index is 12.6. The number of benzene rings is 2. The van der Waals surface area contributed by atoms with E-state index in [0.717, 1.165) is 0 Å². The summed E-state index contributed by atoms with van der Waals surface area (Å²) in [5.41, 5.74) is 0.214. The van der Waals surface area contributed by atoms with Crippen molar-refractivity contribution in [1.82, 2.24) is 15.5 Å². The molecule has 0 spiro atoms. The summed E-state index contributed by atoms with van der Waals surface area (Å²) < 4.78 is 10.7. The van der Waals surface area contributed by atoms with Crippen molar-refractivity contribution in [2.75, 3.05) is 26.3 Å². The molecule has 1 unspecified atom stereocenters. The fourth-order valence-corrected chi connectivity index (χ4v) is 3.97. The second-order valence-corrected chi connectivity index (χ2v) is 8.26. The van der Waals surface area contributed by atoms with Crippen molar-refractivity contribution in [3.8, 4) is 5.75 Å². The molecule has 1 aliphatic rings. The van der Waals surface area contributed by atoms with E-state index in [2.05, 4.69) is 10.6 Å². The van der Waals surface area contributed by atoms with Crippen molar-refractivity contribution in [3.63, 3.8) is 0 Å². The number of para-hydroxylation sites is 1. The molecule has 0 bridgehead atoms. The van der Waals surface area contributed by atoms with E-state index in [-0.39, 0.29) is 36.2 Å². The zero-order valence-corrected chi connectivity index (χ0v) is 19.7. The van der Waals surface area contributed by atoms with E-state index in [1.165, 1.54) is 23.1 Å². The fourth-order valence-electron chi connectivity index (χ4n) is 3.14. The van der Waals surface area contributed by atoms with Crippen LogP contribution in [-0.4, -0.2) is 60.1 Å². The molecule has 2 amide bonds. The summed E-state index contributed by atoms with van der Waals surface area (Å²) in [7, 11) is 0. The Hall–Kier alpha value is -2.88. The topological polar surface area (TPSA) is 97.0 Å². The first kappa shape index (κ1) is 24.8. The number of ether oxygens (including phenoxy) is 2. The lowest BCUT2D eigenvalue weighted by Gasteiger charge is -2.36. The number of amides is 2. The summed E-state index contributed by atoms with van der Waals surface area (Å²) in [4.78, 5) is 38.8. The molecule has 1 fully saturated rings. The summed E-state index contributed by atoms with van der Waals surface area (Å²) in [6.07, 6.45) is -0.240. The standard InChI is InChI=1S/C22H21Cl2N3O5S/c23-15-10-14(11-16(24)12-15)20(29)26-22(33)27-7-6-25-21(30)18(27)13-19(28)32-9-8-31-17-4-2-1-3-5-17/h1-5,10-12,18H,6-9,13H2,(H,25,30)(H,26,29,33). The van der Waals surface area contributed by atoms with Crippen molar-refractivity contribution in [1.29, 1.82) is 0 Å². The SMILES string of the molecule is O=C(CC1C(=O)NCCN1C(=S)NC(=O)c1cc(Cl)cc(Cl)c1)OCCOc1ccccc1. The third-order valence-corrected chi connectivity index (χ3v) is 5.43. The van der Waals surface area contributed by atoms with Gasteiger partial charge in [0.25, 0.3) is 5.91 Å². The van der Waals surface area contributed by atoms with Gasteiger partial charge in [-0.2, -0.15) is 0 Å². The molecule has 0 aromatic heterocycles. The Bertz CT molecular complexity index is 1020. The Kier molecular flexibility index (Phi) is 8.87. The Morgan fingerprint density at radius 2 is 1.82 bits per heavy atom. The number of thiocarbonyl (C=S) groups is 1. The van der Waals surface area contributed by atoms with Crippen LogP contribution in [0.3, 0.4) is 0 Å². The van der Waals surface area contributed by atoms with E-state index >= 15 is 0 Å². The maximum absolute atomic E-state index is 12.6. The van der Waals surface area contributed by atoms with Crippen molar-refractivity contribution >= 4 is 58.3 Å². The number of hydrogen-bond acceptors (Lipinski definition) is 6. The minimum absolute atomic E-state index is 0.0103. The van der Waals surface area contributed by atoms with Crippen LogP contribution in [0.25, 0.3) is 0 Å². The van der Waals surface area contributed by atoms with Crippen LogP contribution in [0.5, 0.6) is 5.75 Å². The second-order valence-electron chi connectivity index (χ2n) is 7.00. The highest BCUT2D eigenvalue weighted by atomic mass is 35.5. The van der Waals surface area contributed by atoms with Crippen LogP contribution < -0.4 is 15.4 Å². The zero-order valence-electron chi connectivity index (χ0n) is 17.4. The summed E-state index contributed by atoms with van der Waals surface area (Å²) in [5.74, 6) is -0.848. The van der Waals surface area contributed by atoms with E-state index in [1.54, 1.807) is 12.1 Å². The van der Waals surface area contributed by atoms with Gasteiger partial charge in [0.2, 0.25) is 5.91 Å². The van der Waals surface area contributed by atoms with Crippen LogP contribution in [-0.2, 0) is 14.3 Å². The number of esters is 1. The molecule has 0 aliphatic carbocycles. The Morgan fingerprint density at radius 3 is 2.52 bits per heavy atom. The smallest absolute Gasteiger partial charge is 0.308 e. The highest BCUT2D eigenvalue weighted by Gasteiger charge is 2.34. The zero-order chi connectivity index (χ0) is 23.8. The lowest BCUT2D eigenvalue weighted by atomic mass is 10.1. The minimum Gasteiger partial charge on any atom is -0.490 e. The monoisotopic (exact) mass is 509 g/mol. The largest absolute Gasteiger partial charge is 0.490 e. The second kappa shape index (κ2) is 11.8. The van der Waals surface area contributed by atoms with Gasteiger partial charge in [-0.3, -0.25) is 19.7 Å². The van der Waals surface area contributed by atoms with Crippen LogP contribution in [0, 0.1) is 0 Å². The molecule has 2 N–H and O–H groups in total. The number of nitrogens with one attached hydrogen (secondary N) is 2. The summed E-state index contributed by atoms with van der Waals surface area (Å²) in [5, 5.41) is 5.86. The van der Waals surface area contributed by atoms with Crippen molar-refractivity contribution in [2.24, 2.45) is 0 Å². The first-order valence-electron chi connectivity index (χ1n) is 10.0. The first-order chi connectivity index (χ1) is 15.8. The van der Waals surface area contributed by atoms with Gasteiger partial charge in [0.1, 0.15) is 25.0 Å². The Balaban J connectivity index is 1.54. The Morgan fingerprint density at radius 1 is 1.12 bits per heavy atom. The van der Waals surface area contributed by atoms with Gasteiger partial charge >= 0.3 is 5.97 Å². The van der Waals surface area contributed by atoms with Crippen LogP contribution >= 0.6 is 35.4 Å². The van der Waals surface area contributed by atoms with E-state index in [4.69, 9.17) is 44.9 Å². The molecule has 33 heavy (non-hydrogen) atoms. The lowest BCUT2D eigenvalue weighted by Crippen LogP contribution is -2.60. The predicted molar refractivity (Wildman–Crippen MR) is 128 cm³/mol. The quantitative estimate of drug-likeness (QED) is 0.336. The molecule has 0 radical (unpaired) electrons. The first-order valence-corrected chi connectivity index (χ1v) is 11.2. The molecule has 11 heteroatoms. The summed E-state index contributed by atoms with van der Waals surface area (Å²) >= 11 is 17.2. The third-order valence-electron chi connectivity index (χ3n) is 4.66. The molecule has 1 atom stereocenters. The minimum atomic E-state index is -0.919. The third kappa shape index (κ3) is 7.31. The van der Waals surface area contributed by atoms with E-state index < -0.39 is 17.9 Å². The molecular weight excluding hydrogens is 489 g/mol. The molecule has 2 aromatic carbocycles. The maximum Gasteiger partial charge on any atom is 0.308 e. The normalized spacial score (nSPS) is 15.4. The van der Waals surface area contributed by atoms with Gasteiger partial charge in [-0.05, 0) is 42.5 Å². The fraction of sp³-hybridized carbons (Fsp3) is 0.273. The van der Waals surface area contributed by atoms with Gasteiger partial charge in [-0.25, -0.2) is 0 Å². The summed E-state index contributed by atoms with van der Waals surface area (Å²) in [6, 6.07) is 12.6. The van der Waals surface area contributed by atoms with Crippen molar-refractivity contribution in [3.05, 3.63) is 64.1 Å². The van der Waals surface area contributed by atoms with Crippen LogP contribution in [0.2, 0.25) is 10.0 Å². The number of carbonyl (C=O) groups excluding carboxylic acids is 3. The van der Waals surface area contributed by atoms with Gasteiger partial charge in [-0.15, -0.1) is 0 Å². The molecule has 174 valence electrons. The lowest BCUT2D eigenvalue weighted by molar-refractivity contribution is -0.148. The predicted octanol–water partition coefficient (Wildman–Crippen LogP) is 2.82. The molecule has 0 saturated carbocycles. The van der Waals surface area contributed by atoms with Crippen LogP contribution in [0.15, 0.2) is 48.5 Å². The average Bonchev–Trinajstić information content (AvgIpc) is 2.78. The highest BCUT2D eigenvalue weighted by molar-refractivity contribution is 7.80. The van der Waals surface area contributed by atoms with Crippen LogP contribution in [0.1, 0.15) is 16.8 Å². The van der Waals surface area contributed by atoms with E-state index in [1.807, 2.05) is 18.2 Å². The molecule has 1 saturated heterocycles. The van der Waals surface area contributed by atoms with Crippen molar-refractivity contribution in [2.45, 2.75) is 12.5 Å². The van der Waals surface area contributed by atoms with Gasteiger partial charge < -0.3 is 19.7 Å². The highest BCUT2D eigenvalue weighted by Crippen LogP contribution is 2.19. The average molecular weight is 510 g/mol.